The lowest BCUT2D eigenvalue weighted by Gasteiger charge is -2.34. The van der Waals surface area contributed by atoms with E-state index in [1.807, 2.05) is 0 Å². The Balaban J connectivity index is 1.92. The van der Waals surface area contributed by atoms with Crippen LogP contribution in [0.3, 0.4) is 0 Å². The van der Waals surface area contributed by atoms with E-state index in [9.17, 15) is 0 Å². The summed E-state index contributed by atoms with van der Waals surface area (Å²) in [4.78, 5) is 2.70. The van der Waals surface area contributed by atoms with Crippen molar-refractivity contribution in [1.82, 2.24) is 10.2 Å². The second kappa shape index (κ2) is 4.19. The highest BCUT2D eigenvalue weighted by Gasteiger charge is 2.39. The summed E-state index contributed by atoms with van der Waals surface area (Å²) in [5.41, 5.74) is 0.689. The molecule has 0 aliphatic carbocycles. The largest absolute Gasteiger partial charge is 0.317 e. The van der Waals surface area contributed by atoms with Crippen molar-refractivity contribution in [3.05, 3.63) is 0 Å². The first-order valence-corrected chi connectivity index (χ1v) is 6.20. The van der Waals surface area contributed by atoms with Gasteiger partial charge in [-0.05, 0) is 57.7 Å². The summed E-state index contributed by atoms with van der Waals surface area (Å²) in [5, 5.41) is 3.48. The van der Waals surface area contributed by atoms with E-state index >= 15 is 0 Å². The fourth-order valence-electron chi connectivity index (χ4n) is 2.97. The van der Waals surface area contributed by atoms with E-state index in [0.29, 0.717) is 5.41 Å². The number of hydrogen-bond donors (Lipinski definition) is 1. The third-order valence-electron chi connectivity index (χ3n) is 4.35. The number of hydrogen-bond acceptors (Lipinski definition) is 2. The molecule has 0 amide bonds. The average molecular weight is 196 g/mol. The monoisotopic (exact) mass is 196 g/mol. The number of nitrogens with one attached hydrogen (secondary N) is 1. The minimum atomic E-state index is 0.689. The van der Waals surface area contributed by atoms with Gasteiger partial charge in [0.1, 0.15) is 0 Å². The highest BCUT2D eigenvalue weighted by molar-refractivity contribution is 4.94. The Morgan fingerprint density at radius 2 is 2.00 bits per heavy atom. The van der Waals surface area contributed by atoms with Crippen molar-refractivity contribution in [2.24, 2.45) is 5.41 Å². The van der Waals surface area contributed by atoms with Crippen molar-refractivity contribution < 1.29 is 0 Å². The number of piperidine rings is 1. The van der Waals surface area contributed by atoms with Crippen molar-refractivity contribution >= 4 is 0 Å². The molecule has 1 N–H and O–H groups in total. The van der Waals surface area contributed by atoms with Gasteiger partial charge in [0.2, 0.25) is 0 Å². The topological polar surface area (TPSA) is 15.3 Å². The second-order valence-electron chi connectivity index (χ2n) is 5.23. The minimum Gasteiger partial charge on any atom is -0.317 e. The molecule has 2 rings (SSSR count). The van der Waals surface area contributed by atoms with E-state index in [-0.39, 0.29) is 0 Å². The maximum atomic E-state index is 3.48. The van der Waals surface area contributed by atoms with Crippen LogP contribution in [0.25, 0.3) is 0 Å². The zero-order chi connectivity index (χ0) is 10.0. The van der Waals surface area contributed by atoms with Gasteiger partial charge in [-0.1, -0.05) is 6.92 Å². The normalized spacial score (nSPS) is 29.6. The van der Waals surface area contributed by atoms with Crippen LogP contribution < -0.4 is 5.32 Å². The van der Waals surface area contributed by atoms with Gasteiger partial charge in [0.25, 0.3) is 0 Å². The van der Waals surface area contributed by atoms with Crippen LogP contribution in [0.5, 0.6) is 0 Å². The molecule has 2 saturated heterocycles. The molecule has 0 aromatic heterocycles. The Morgan fingerprint density at radius 3 is 2.64 bits per heavy atom. The van der Waals surface area contributed by atoms with E-state index < -0.39 is 0 Å². The quantitative estimate of drug-likeness (QED) is 0.725. The number of rotatable bonds is 2. The standard InChI is InChI=1S/C12H24N2/c1-3-11(2)14-9-6-12(10-14)4-7-13-8-5-12/h11,13H,3-10H2,1-2H3/t11-/m0/s1. The first kappa shape index (κ1) is 10.4. The van der Waals surface area contributed by atoms with Crippen molar-refractivity contribution in [3.8, 4) is 0 Å². The van der Waals surface area contributed by atoms with E-state index in [1.165, 1.54) is 51.9 Å². The molecule has 0 unspecified atom stereocenters. The molecule has 1 spiro atoms. The molecule has 0 aromatic carbocycles. The Kier molecular flexibility index (Phi) is 3.13. The molecule has 2 aliphatic rings. The van der Waals surface area contributed by atoms with Gasteiger partial charge in [-0.2, -0.15) is 0 Å². The van der Waals surface area contributed by atoms with Gasteiger partial charge in [0.15, 0.2) is 0 Å². The first-order valence-electron chi connectivity index (χ1n) is 6.20. The molecule has 0 bridgehead atoms. The molecule has 82 valence electrons. The van der Waals surface area contributed by atoms with Crippen LogP contribution in [0.2, 0.25) is 0 Å². The molecule has 0 aromatic rings. The van der Waals surface area contributed by atoms with E-state index in [2.05, 4.69) is 24.1 Å². The van der Waals surface area contributed by atoms with Crippen molar-refractivity contribution in [1.29, 1.82) is 0 Å². The van der Waals surface area contributed by atoms with E-state index in [1.54, 1.807) is 0 Å². The fraction of sp³-hybridized carbons (Fsp3) is 1.00. The molecule has 2 nitrogen and oxygen atoms in total. The molecular weight excluding hydrogens is 172 g/mol. The number of likely N-dealkylation sites (tertiary alicyclic amines) is 1. The molecular formula is C12H24N2. The smallest absolute Gasteiger partial charge is 0.00645 e. The van der Waals surface area contributed by atoms with Crippen molar-refractivity contribution in [3.63, 3.8) is 0 Å². The van der Waals surface area contributed by atoms with Gasteiger partial charge in [0.05, 0.1) is 0 Å². The van der Waals surface area contributed by atoms with Crippen LogP contribution in [0.15, 0.2) is 0 Å². The minimum absolute atomic E-state index is 0.689. The van der Waals surface area contributed by atoms with Gasteiger partial charge in [-0.25, -0.2) is 0 Å². The lowest BCUT2D eigenvalue weighted by atomic mass is 9.78. The predicted octanol–water partition coefficient (Wildman–Crippen LogP) is 1.86. The van der Waals surface area contributed by atoms with Crippen LogP contribution in [-0.4, -0.2) is 37.1 Å². The van der Waals surface area contributed by atoms with Crippen LogP contribution in [0.4, 0.5) is 0 Å². The maximum absolute atomic E-state index is 3.48. The molecule has 0 saturated carbocycles. The van der Waals surface area contributed by atoms with Crippen LogP contribution in [-0.2, 0) is 0 Å². The summed E-state index contributed by atoms with van der Waals surface area (Å²) in [5.74, 6) is 0. The molecule has 2 heteroatoms. The van der Waals surface area contributed by atoms with Gasteiger partial charge >= 0.3 is 0 Å². The second-order valence-corrected chi connectivity index (χ2v) is 5.23. The summed E-state index contributed by atoms with van der Waals surface area (Å²) in [6.45, 7) is 9.87. The van der Waals surface area contributed by atoms with Gasteiger partial charge < -0.3 is 10.2 Å². The molecule has 1 atom stereocenters. The predicted molar refractivity (Wildman–Crippen MR) is 60.5 cm³/mol. The molecule has 2 fully saturated rings. The Bertz CT molecular complexity index is 185. The summed E-state index contributed by atoms with van der Waals surface area (Å²) < 4.78 is 0. The Hall–Kier alpha value is -0.0800. The highest BCUT2D eigenvalue weighted by atomic mass is 15.2. The van der Waals surface area contributed by atoms with Crippen molar-refractivity contribution in [2.75, 3.05) is 26.2 Å². The van der Waals surface area contributed by atoms with Gasteiger partial charge in [-0.15, -0.1) is 0 Å². The van der Waals surface area contributed by atoms with E-state index in [4.69, 9.17) is 0 Å². The molecule has 2 aliphatic heterocycles. The third kappa shape index (κ3) is 1.96. The highest BCUT2D eigenvalue weighted by Crippen LogP contribution is 2.39. The molecule has 0 radical (unpaired) electrons. The lowest BCUT2D eigenvalue weighted by molar-refractivity contribution is 0.173. The maximum Gasteiger partial charge on any atom is 0.00645 e. The summed E-state index contributed by atoms with van der Waals surface area (Å²) in [6, 6.07) is 0.796. The fourth-order valence-corrected chi connectivity index (χ4v) is 2.97. The molecule has 2 heterocycles. The molecule has 14 heavy (non-hydrogen) atoms. The lowest BCUT2D eigenvalue weighted by Crippen LogP contribution is -2.40. The van der Waals surface area contributed by atoms with Crippen LogP contribution in [0.1, 0.15) is 39.5 Å². The SMILES string of the molecule is CC[C@H](C)N1CCC2(CCNCC2)C1. The summed E-state index contributed by atoms with van der Waals surface area (Å²) >= 11 is 0. The summed E-state index contributed by atoms with van der Waals surface area (Å²) in [6.07, 6.45) is 5.55. The van der Waals surface area contributed by atoms with Gasteiger partial charge in [0, 0.05) is 12.6 Å². The van der Waals surface area contributed by atoms with Gasteiger partial charge in [-0.3, -0.25) is 0 Å². The zero-order valence-electron chi connectivity index (χ0n) is 9.68. The first-order chi connectivity index (χ1) is 6.76. The van der Waals surface area contributed by atoms with Crippen LogP contribution in [0, 0.1) is 5.41 Å². The van der Waals surface area contributed by atoms with Crippen LogP contribution >= 0.6 is 0 Å². The average Bonchev–Trinajstić information content (AvgIpc) is 2.62. The third-order valence-corrected chi connectivity index (χ3v) is 4.35. The zero-order valence-corrected chi connectivity index (χ0v) is 9.68. The van der Waals surface area contributed by atoms with Crippen molar-refractivity contribution in [2.45, 2.75) is 45.6 Å². The number of nitrogens with zero attached hydrogens (tertiary/aromatic N) is 1. The summed E-state index contributed by atoms with van der Waals surface area (Å²) in [7, 11) is 0. The Morgan fingerprint density at radius 1 is 1.29 bits per heavy atom. The van der Waals surface area contributed by atoms with E-state index in [0.717, 1.165) is 6.04 Å². The Labute approximate surface area is 88.1 Å².